The number of amides is 1. The second kappa shape index (κ2) is 8.21. The summed E-state index contributed by atoms with van der Waals surface area (Å²) in [5.74, 6) is 0.713. The zero-order valence-corrected chi connectivity index (χ0v) is 13.5. The Bertz CT molecular complexity index is 496. The molecule has 0 aromatic carbocycles. The van der Waals surface area contributed by atoms with E-state index < -0.39 is 0 Å². The second-order valence-corrected chi connectivity index (χ2v) is 6.03. The Kier molecular flexibility index (Phi) is 5.76. The molecule has 0 radical (unpaired) electrons. The lowest BCUT2D eigenvalue weighted by Crippen LogP contribution is -2.41. The molecule has 1 N–H and O–H groups in total. The summed E-state index contributed by atoms with van der Waals surface area (Å²) in [5.41, 5.74) is 0.382. The van der Waals surface area contributed by atoms with Gasteiger partial charge in [-0.25, -0.2) is 0 Å². The summed E-state index contributed by atoms with van der Waals surface area (Å²) in [4.78, 5) is 16.6. The van der Waals surface area contributed by atoms with Crippen LogP contribution in [0.2, 0.25) is 0 Å². The maximum absolute atomic E-state index is 12.1. The van der Waals surface area contributed by atoms with E-state index in [2.05, 4.69) is 25.3 Å². The van der Waals surface area contributed by atoms with Crippen molar-refractivity contribution in [3.05, 3.63) is 17.8 Å². The fourth-order valence-corrected chi connectivity index (χ4v) is 2.98. The summed E-state index contributed by atoms with van der Waals surface area (Å²) >= 11 is 0. The molecule has 0 saturated carbocycles. The minimum absolute atomic E-state index is 0.157. The van der Waals surface area contributed by atoms with Crippen LogP contribution in [0.15, 0.2) is 12.1 Å². The number of carbonyl (C=O) groups is 1. The van der Waals surface area contributed by atoms with Crippen LogP contribution in [0.25, 0.3) is 0 Å². The van der Waals surface area contributed by atoms with Gasteiger partial charge >= 0.3 is 0 Å². The number of morpholine rings is 1. The molecule has 2 aliphatic rings. The van der Waals surface area contributed by atoms with E-state index >= 15 is 0 Å². The highest BCUT2D eigenvalue weighted by molar-refractivity contribution is 5.92. The second-order valence-electron chi connectivity index (χ2n) is 6.03. The van der Waals surface area contributed by atoms with Crippen LogP contribution in [-0.2, 0) is 4.74 Å². The fourth-order valence-electron chi connectivity index (χ4n) is 2.98. The van der Waals surface area contributed by atoms with Crippen molar-refractivity contribution in [1.29, 1.82) is 0 Å². The van der Waals surface area contributed by atoms with Crippen LogP contribution in [0.3, 0.4) is 0 Å². The summed E-state index contributed by atoms with van der Waals surface area (Å²) < 4.78 is 5.31. The van der Waals surface area contributed by atoms with E-state index in [9.17, 15) is 4.79 Å². The molecule has 0 atom stereocenters. The highest BCUT2D eigenvalue weighted by atomic mass is 16.5. The van der Waals surface area contributed by atoms with Crippen LogP contribution in [0.5, 0.6) is 0 Å². The van der Waals surface area contributed by atoms with Crippen molar-refractivity contribution in [2.24, 2.45) is 0 Å². The molecule has 2 aliphatic heterocycles. The summed E-state index contributed by atoms with van der Waals surface area (Å²) in [6.45, 7) is 6.93. The molecular formula is C16H25N5O2. The van der Waals surface area contributed by atoms with E-state index in [-0.39, 0.29) is 5.91 Å². The van der Waals surface area contributed by atoms with Crippen LogP contribution < -0.4 is 10.2 Å². The van der Waals surface area contributed by atoms with Crippen molar-refractivity contribution in [3.63, 3.8) is 0 Å². The van der Waals surface area contributed by atoms with Gasteiger partial charge in [-0.15, -0.1) is 10.2 Å². The first-order valence-corrected chi connectivity index (χ1v) is 8.50. The van der Waals surface area contributed by atoms with Gasteiger partial charge in [0.15, 0.2) is 11.5 Å². The average molecular weight is 319 g/mol. The fraction of sp³-hybridized carbons (Fsp3) is 0.688. The number of anilines is 1. The van der Waals surface area contributed by atoms with E-state index in [1.807, 2.05) is 6.07 Å². The minimum Gasteiger partial charge on any atom is -0.379 e. The number of piperidine rings is 1. The van der Waals surface area contributed by atoms with Gasteiger partial charge in [-0.3, -0.25) is 9.69 Å². The summed E-state index contributed by atoms with van der Waals surface area (Å²) in [6.07, 6.45) is 3.68. The Labute approximate surface area is 137 Å². The third-order valence-electron chi connectivity index (χ3n) is 4.38. The topological polar surface area (TPSA) is 70.6 Å². The van der Waals surface area contributed by atoms with Gasteiger partial charge in [-0.1, -0.05) is 0 Å². The molecule has 3 heterocycles. The molecule has 0 spiro atoms. The van der Waals surface area contributed by atoms with Crippen molar-refractivity contribution in [2.75, 3.05) is 57.4 Å². The molecule has 0 unspecified atom stereocenters. The Balaban J connectivity index is 1.45. The van der Waals surface area contributed by atoms with Gasteiger partial charge in [0.05, 0.1) is 13.2 Å². The Morgan fingerprint density at radius 3 is 2.57 bits per heavy atom. The predicted molar refractivity (Wildman–Crippen MR) is 87.7 cm³/mol. The molecule has 1 aromatic rings. The van der Waals surface area contributed by atoms with Crippen molar-refractivity contribution >= 4 is 11.7 Å². The number of carbonyl (C=O) groups excluding carboxylic acids is 1. The number of nitrogens with zero attached hydrogens (tertiary/aromatic N) is 4. The monoisotopic (exact) mass is 319 g/mol. The van der Waals surface area contributed by atoms with Gasteiger partial charge in [0.1, 0.15) is 0 Å². The Morgan fingerprint density at radius 2 is 1.87 bits per heavy atom. The van der Waals surface area contributed by atoms with Crippen LogP contribution in [0.4, 0.5) is 5.82 Å². The molecule has 23 heavy (non-hydrogen) atoms. The first kappa shape index (κ1) is 16.1. The standard InChI is InChI=1S/C16H25N5O2/c22-16(17-6-9-20-10-12-23-13-11-20)14-4-5-15(19-18-14)21-7-2-1-3-8-21/h4-5H,1-3,6-13H2,(H,17,22). The molecular weight excluding hydrogens is 294 g/mol. The molecule has 7 nitrogen and oxygen atoms in total. The summed E-state index contributed by atoms with van der Waals surface area (Å²) in [6, 6.07) is 3.66. The molecule has 7 heteroatoms. The zero-order valence-electron chi connectivity index (χ0n) is 13.5. The third-order valence-corrected chi connectivity index (χ3v) is 4.38. The third kappa shape index (κ3) is 4.62. The SMILES string of the molecule is O=C(NCCN1CCOCC1)c1ccc(N2CCCCC2)nn1. The van der Waals surface area contributed by atoms with Gasteiger partial charge in [-0.2, -0.15) is 0 Å². The van der Waals surface area contributed by atoms with Gasteiger partial charge < -0.3 is 15.0 Å². The largest absolute Gasteiger partial charge is 0.379 e. The summed E-state index contributed by atoms with van der Waals surface area (Å²) in [5, 5.41) is 11.2. The van der Waals surface area contributed by atoms with Gasteiger partial charge in [0.25, 0.3) is 5.91 Å². The molecule has 2 saturated heterocycles. The quantitative estimate of drug-likeness (QED) is 0.854. The van der Waals surface area contributed by atoms with Gasteiger partial charge in [0, 0.05) is 39.3 Å². The van der Waals surface area contributed by atoms with Gasteiger partial charge in [0.2, 0.25) is 0 Å². The lowest BCUT2D eigenvalue weighted by molar-refractivity contribution is 0.0383. The smallest absolute Gasteiger partial charge is 0.271 e. The molecule has 1 aromatic heterocycles. The first-order chi connectivity index (χ1) is 11.3. The van der Waals surface area contributed by atoms with Gasteiger partial charge in [-0.05, 0) is 31.4 Å². The first-order valence-electron chi connectivity index (χ1n) is 8.50. The summed E-state index contributed by atoms with van der Waals surface area (Å²) in [7, 11) is 0. The lowest BCUT2D eigenvalue weighted by atomic mass is 10.1. The number of ether oxygens (including phenoxy) is 1. The zero-order chi connectivity index (χ0) is 15.9. The molecule has 3 rings (SSSR count). The van der Waals surface area contributed by atoms with E-state index in [0.29, 0.717) is 12.2 Å². The van der Waals surface area contributed by atoms with Crippen LogP contribution >= 0.6 is 0 Å². The van der Waals surface area contributed by atoms with E-state index in [1.165, 1.54) is 19.3 Å². The maximum Gasteiger partial charge on any atom is 0.271 e. The number of nitrogens with one attached hydrogen (secondary N) is 1. The van der Waals surface area contributed by atoms with Crippen molar-refractivity contribution in [2.45, 2.75) is 19.3 Å². The Hall–Kier alpha value is -1.73. The van der Waals surface area contributed by atoms with Crippen molar-refractivity contribution in [3.8, 4) is 0 Å². The highest BCUT2D eigenvalue weighted by Gasteiger charge is 2.15. The number of aromatic nitrogens is 2. The van der Waals surface area contributed by atoms with Crippen LogP contribution in [0, 0.1) is 0 Å². The normalized spacial score (nSPS) is 19.6. The molecule has 1 amide bonds. The number of hydrogen-bond acceptors (Lipinski definition) is 6. The molecule has 2 fully saturated rings. The van der Waals surface area contributed by atoms with E-state index in [0.717, 1.165) is 51.8 Å². The average Bonchev–Trinajstić information content (AvgIpc) is 2.63. The minimum atomic E-state index is -0.157. The van der Waals surface area contributed by atoms with Crippen LogP contribution in [-0.4, -0.2) is 73.5 Å². The molecule has 0 bridgehead atoms. The Morgan fingerprint density at radius 1 is 1.09 bits per heavy atom. The van der Waals surface area contributed by atoms with E-state index in [4.69, 9.17) is 4.74 Å². The molecule has 0 aliphatic carbocycles. The number of rotatable bonds is 5. The highest BCUT2D eigenvalue weighted by Crippen LogP contribution is 2.16. The molecule has 126 valence electrons. The van der Waals surface area contributed by atoms with Crippen LogP contribution in [0.1, 0.15) is 29.8 Å². The number of hydrogen-bond donors (Lipinski definition) is 1. The van der Waals surface area contributed by atoms with Crippen molar-refractivity contribution < 1.29 is 9.53 Å². The maximum atomic E-state index is 12.1. The van der Waals surface area contributed by atoms with Crippen molar-refractivity contribution in [1.82, 2.24) is 20.4 Å². The predicted octanol–water partition coefficient (Wildman–Crippen LogP) is 0.529. The van der Waals surface area contributed by atoms with E-state index in [1.54, 1.807) is 6.07 Å². The lowest BCUT2D eigenvalue weighted by Gasteiger charge is -2.27.